The first-order chi connectivity index (χ1) is 14.1. The summed E-state index contributed by atoms with van der Waals surface area (Å²) in [7, 11) is 0. The van der Waals surface area contributed by atoms with E-state index in [9.17, 15) is 9.59 Å². The van der Waals surface area contributed by atoms with Crippen molar-refractivity contribution in [3.63, 3.8) is 0 Å². The van der Waals surface area contributed by atoms with Crippen LogP contribution < -0.4 is 0 Å². The highest BCUT2D eigenvalue weighted by Gasteiger charge is 2.33. The number of amides is 2. The fourth-order valence-corrected chi connectivity index (χ4v) is 5.98. The maximum atomic E-state index is 13.6. The van der Waals surface area contributed by atoms with E-state index in [1.807, 2.05) is 28.0 Å². The lowest BCUT2D eigenvalue weighted by molar-refractivity contribution is -0.127. The van der Waals surface area contributed by atoms with Crippen molar-refractivity contribution in [2.45, 2.75) is 32.2 Å². The topological polar surface area (TPSA) is 40.6 Å². The molecule has 0 spiro atoms. The standard InChI is InChI=1S/C24H24N2O2S/c1-16(27)25-12-11-19(15-25)22-20-8-4-5-9-21(20)29-23(22)24(28)26-13-10-17-6-2-3-7-18(17)14-26/h2-9,19H,10-15H2,1H3/t19-/m1/s1. The van der Waals surface area contributed by atoms with Gasteiger partial charge in [0.25, 0.3) is 5.91 Å². The molecular formula is C24H24N2O2S. The van der Waals surface area contributed by atoms with Gasteiger partial charge in [-0.15, -0.1) is 11.3 Å². The summed E-state index contributed by atoms with van der Waals surface area (Å²) in [5.74, 6) is 0.482. The van der Waals surface area contributed by atoms with Crippen LogP contribution in [-0.2, 0) is 17.8 Å². The number of hydrogen-bond acceptors (Lipinski definition) is 3. The van der Waals surface area contributed by atoms with Gasteiger partial charge in [-0.1, -0.05) is 42.5 Å². The monoisotopic (exact) mass is 404 g/mol. The van der Waals surface area contributed by atoms with Crippen molar-refractivity contribution in [1.29, 1.82) is 0 Å². The SMILES string of the molecule is CC(=O)N1CC[C@@H](c2c(C(=O)N3CCc4ccccc4C3)sc3ccccc23)C1. The molecule has 2 aliphatic heterocycles. The minimum absolute atomic E-state index is 0.118. The minimum Gasteiger partial charge on any atom is -0.342 e. The van der Waals surface area contributed by atoms with E-state index in [-0.39, 0.29) is 17.7 Å². The zero-order valence-corrected chi connectivity index (χ0v) is 17.4. The Morgan fingerprint density at radius 3 is 2.52 bits per heavy atom. The second-order valence-corrected chi connectivity index (χ2v) is 9.09. The quantitative estimate of drug-likeness (QED) is 0.634. The van der Waals surface area contributed by atoms with Crippen LogP contribution in [-0.4, -0.2) is 41.2 Å². The summed E-state index contributed by atoms with van der Waals surface area (Å²) >= 11 is 1.61. The van der Waals surface area contributed by atoms with Crippen LogP contribution in [0, 0.1) is 0 Å². The van der Waals surface area contributed by atoms with Crippen LogP contribution in [0.4, 0.5) is 0 Å². The van der Waals surface area contributed by atoms with E-state index in [0.29, 0.717) is 13.1 Å². The third-order valence-electron chi connectivity index (χ3n) is 6.29. The summed E-state index contributed by atoms with van der Waals surface area (Å²) in [6.45, 7) is 4.54. The van der Waals surface area contributed by atoms with E-state index >= 15 is 0 Å². The van der Waals surface area contributed by atoms with Crippen molar-refractivity contribution in [1.82, 2.24) is 9.80 Å². The van der Waals surface area contributed by atoms with E-state index < -0.39 is 0 Å². The van der Waals surface area contributed by atoms with Gasteiger partial charge in [0.1, 0.15) is 0 Å². The number of fused-ring (bicyclic) bond motifs is 2. The van der Waals surface area contributed by atoms with Gasteiger partial charge in [-0.3, -0.25) is 9.59 Å². The minimum atomic E-state index is 0.118. The van der Waals surface area contributed by atoms with Crippen LogP contribution >= 0.6 is 11.3 Å². The van der Waals surface area contributed by atoms with Gasteiger partial charge in [-0.25, -0.2) is 0 Å². The molecule has 0 radical (unpaired) electrons. The lowest BCUT2D eigenvalue weighted by Crippen LogP contribution is -2.36. The first-order valence-electron chi connectivity index (χ1n) is 10.2. The average molecular weight is 405 g/mol. The van der Waals surface area contributed by atoms with E-state index in [2.05, 4.69) is 30.3 Å². The molecule has 1 saturated heterocycles. The second kappa shape index (κ2) is 7.30. The predicted octanol–water partition coefficient (Wildman–Crippen LogP) is 4.44. The third kappa shape index (κ3) is 3.23. The highest BCUT2D eigenvalue weighted by Crippen LogP contribution is 2.41. The molecule has 5 heteroatoms. The van der Waals surface area contributed by atoms with E-state index in [0.717, 1.165) is 41.1 Å². The van der Waals surface area contributed by atoms with Gasteiger partial charge >= 0.3 is 0 Å². The first kappa shape index (κ1) is 18.4. The molecule has 148 valence electrons. The highest BCUT2D eigenvalue weighted by atomic mass is 32.1. The van der Waals surface area contributed by atoms with Crippen molar-refractivity contribution >= 4 is 33.2 Å². The maximum absolute atomic E-state index is 13.6. The van der Waals surface area contributed by atoms with Crippen molar-refractivity contribution in [2.24, 2.45) is 0 Å². The molecule has 0 aliphatic carbocycles. The number of nitrogens with zero attached hydrogens (tertiary/aromatic N) is 2. The Labute approximate surface area is 174 Å². The van der Waals surface area contributed by atoms with Crippen LogP contribution in [0.25, 0.3) is 10.1 Å². The Hall–Kier alpha value is -2.66. The largest absolute Gasteiger partial charge is 0.342 e. The Kier molecular flexibility index (Phi) is 4.63. The van der Waals surface area contributed by atoms with Gasteiger partial charge in [-0.2, -0.15) is 0 Å². The molecule has 5 rings (SSSR count). The summed E-state index contributed by atoms with van der Waals surface area (Å²) in [4.78, 5) is 30.3. The number of carbonyl (C=O) groups excluding carboxylic acids is 2. The van der Waals surface area contributed by atoms with Crippen LogP contribution in [0.2, 0.25) is 0 Å². The summed E-state index contributed by atoms with van der Waals surface area (Å²) in [6, 6.07) is 16.7. The van der Waals surface area contributed by atoms with E-state index in [4.69, 9.17) is 0 Å². The fourth-order valence-electron chi connectivity index (χ4n) is 4.72. The molecule has 4 nitrogen and oxygen atoms in total. The number of rotatable bonds is 2. The molecule has 0 unspecified atom stereocenters. The molecule has 1 fully saturated rings. The Balaban J connectivity index is 1.52. The summed E-state index contributed by atoms with van der Waals surface area (Å²) in [5.41, 5.74) is 3.75. The molecule has 2 amide bonds. The van der Waals surface area contributed by atoms with E-state index in [1.54, 1.807) is 18.3 Å². The molecule has 0 N–H and O–H groups in total. The summed E-state index contributed by atoms with van der Waals surface area (Å²) in [5, 5.41) is 1.17. The average Bonchev–Trinajstić information content (AvgIpc) is 3.37. The smallest absolute Gasteiger partial charge is 0.264 e. The van der Waals surface area contributed by atoms with Gasteiger partial charge in [-0.05, 0) is 41.0 Å². The van der Waals surface area contributed by atoms with Gasteiger partial charge in [0.15, 0.2) is 0 Å². The van der Waals surface area contributed by atoms with E-state index in [1.165, 1.54) is 16.5 Å². The third-order valence-corrected chi connectivity index (χ3v) is 7.46. The van der Waals surface area contributed by atoms with Crippen LogP contribution in [0.3, 0.4) is 0 Å². The van der Waals surface area contributed by atoms with Crippen LogP contribution in [0.5, 0.6) is 0 Å². The van der Waals surface area contributed by atoms with Crippen LogP contribution in [0.15, 0.2) is 48.5 Å². The molecule has 0 saturated carbocycles. The van der Waals surface area contributed by atoms with Gasteiger partial charge in [0, 0.05) is 43.7 Å². The molecule has 1 aromatic heterocycles. The van der Waals surface area contributed by atoms with Crippen LogP contribution in [0.1, 0.15) is 45.6 Å². The molecule has 2 aliphatic rings. The van der Waals surface area contributed by atoms with Gasteiger partial charge < -0.3 is 9.80 Å². The Bertz CT molecular complexity index is 1100. The first-order valence-corrected chi connectivity index (χ1v) is 11.1. The Morgan fingerprint density at radius 1 is 0.966 bits per heavy atom. The van der Waals surface area contributed by atoms with Crippen molar-refractivity contribution < 1.29 is 9.59 Å². The summed E-state index contributed by atoms with van der Waals surface area (Å²) in [6.07, 6.45) is 1.83. The van der Waals surface area contributed by atoms with Gasteiger partial charge in [0.2, 0.25) is 5.91 Å². The van der Waals surface area contributed by atoms with Crippen molar-refractivity contribution in [3.8, 4) is 0 Å². The van der Waals surface area contributed by atoms with Crippen molar-refractivity contribution in [2.75, 3.05) is 19.6 Å². The molecule has 3 aromatic rings. The molecule has 2 aromatic carbocycles. The predicted molar refractivity (Wildman–Crippen MR) is 116 cm³/mol. The normalized spacial score (nSPS) is 18.9. The lowest BCUT2D eigenvalue weighted by Gasteiger charge is -2.29. The molecule has 29 heavy (non-hydrogen) atoms. The number of thiophene rings is 1. The molecule has 0 bridgehead atoms. The number of carbonyl (C=O) groups is 2. The Morgan fingerprint density at radius 2 is 1.72 bits per heavy atom. The molecular weight excluding hydrogens is 380 g/mol. The molecule has 3 heterocycles. The molecule has 1 atom stereocenters. The lowest BCUT2D eigenvalue weighted by atomic mass is 9.94. The summed E-state index contributed by atoms with van der Waals surface area (Å²) < 4.78 is 1.16. The second-order valence-electron chi connectivity index (χ2n) is 8.04. The van der Waals surface area contributed by atoms with Crippen molar-refractivity contribution in [3.05, 3.63) is 70.1 Å². The zero-order valence-electron chi connectivity index (χ0n) is 16.6. The fraction of sp³-hybridized carbons (Fsp3) is 0.333. The number of benzene rings is 2. The zero-order chi connectivity index (χ0) is 20.0. The van der Waals surface area contributed by atoms with Gasteiger partial charge in [0.05, 0.1) is 4.88 Å². The maximum Gasteiger partial charge on any atom is 0.264 e. The number of hydrogen-bond donors (Lipinski definition) is 0. The highest BCUT2D eigenvalue weighted by molar-refractivity contribution is 7.21. The number of likely N-dealkylation sites (tertiary alicyclic amines) is 1.